The zero-order valence-corrected chi connectivity index (χ0v) is 31.5. The van der Waals surface area contributed by atoms with Gasteiger partial charge < -0.3 is 14.2 Å². The van der Waals surface area contributed by atoms with Gasteiger partial charge in [-0.15, -0.1) is 0 Å². The first-order valence-corrected chi connectivity index (χ1v) is 19.1. The molecule has 6 rings (SSSR count). The second-order valence-electron chi connectivity index (χ2n) is 18.4. The molecule has 0 unspecified atom stereocenters. The van der Waals surface area contributed by atoms with E-state index in [4.69, 9.17) is 33.8 Å². The minimum Gasteiger partial charge on any atom is -0.469 e. The summed E-state index contributed by atoms with van der Waals surface area (Å²) in [4.78, 5) is 62.3. The molecule has 0 aromatic rings. The maximum absolute atomic E-state index is 12.7. The summed E-state index contributed by atoms with van der Waals surface area (Å²) >= 11 is 0. The van der Waals surface area contributed by atoms with Crippen molar-refractivity contribution in [2.45, 2.75) is 163 Å². The summed E-state index contributed by atoms with van der Waals surface area (Å²) in [6, 6.07) is 0. The van der Waals surface area contributed by atoms with E-state index < -0.39 is 11.6 Å². The van der Waals surface area contributed by atoms with Crippen molar-refractivity contribution >= 4 is 17.9 Å². The average molecular weight is 691 g/mol. The van der Waals surface area contributed by atoms with Gasteiger partial charge in [-0.3, -0.25) is 14.4 Å². The average Bonchev–Trinajstić information content (AvgIpc) is 3.40. The van der Waals surface area contributed by atoms with Gasteiger partial charge in [-0.05, 0) is 97.7 Å². The molecule has 6 fully saturated rings. The van der Waals surface area contributed by atoms with Crippen LogP contribution in [0.1, 0.15) is 139 Å². The first-order valence-electron chi connectivity index (χ1n) is 19.1. The number of carbonyl (C=O) groups excluding carboxylic acids is 3. The molecule has 10 nitrogen and oxygen atoms in total. The van der Waals surface area contributed by atoms with Gasteiger partial charge in [0.15, 0.2) is 0 Å². The van der Waals surface area contributed by atoms with Crippen LogP contribution in [-0.4, -0.2) is 48.8 Å². The standard InChI is InChI=1S/C39H62O10/c1-23(10-13-33(42)43-9)28-11-12-29-34-30(21-32(37(28,29)8)45-25(3)41)36(7)18-19-39(22-27(36)20-31(34)44-24(2)40)48-46-38(47-49-39)16-14-26(15-17-38)35(4,5)6/h23,26-32,34H,10-22H2,1-9H3/t23-,26?,27-,28-,29+,30+,31-,32+,34+,36+,37-,38?,39?/m1/s1. The highest BCUT2D eigenvalue weighted by molar-refractivity contribution is 5.69. The monoisotopic (exact) mass is 690 g/mol. The first-order chi connectivity index (χ1) is 23.0. The lowest BCUT2D eigenvalue weighted by Crippen LogP contribution is -2.65. The van der Waals surface area contributed by atoms with E-state index in [-0.39, 0.29) is 81.9 Å². The fraction of sp³-hybridized carbons (Fsp3) is 0.923. The van der Waals surface area contributed by atoms with Gasteiger partial charge in [0.2, 0.25) is 11.6 Å². The Balaban J connectivity index is 1.23. The van der Waals surface area contributed by atoms with Crippen LogP contribution in [0.3, 0.4) is 0 Å². The van der Waals surface area contributed by atoms with E-state index >= 15 is 0 Å². The van der Waals surface area contributed by atoms with Crippen molar-refractivity contribution < 1.29 is 48.1 Å². The summed E-state index contributed by atoms with van der Waals surface area (Å²) in [5.74, 6) is -0.911. The number of carbonyl (C=O) groups is 3. The lowest BCUT2D eigenvalue weighted by Gasteiger charge is -2.65. The maximum atomic E-state index is 12.7. The third-order valence-corrected chi connectivity index (χ3v) is 14.8. The first kappa shape index (κ1) is 37.0. The molecule has 10 heteroatoms. The number of fused-ring (bicyclic) bond motifs is 5. The second kappa shape index (κ2) is 13.3. The summed E-state index contributed by atoms with van der Waals surface area (Å²) in [6.45, 7) is 16.8. The molecule has 0 bridgehead atoms. The SMILES string of the molecule is COC(=O)CC[C@@H](C)[C@H]1CC[C@H]2[C@@H]3[C@H](OC(C)=O)C[C@@H]4CC5(CC[C@]4(C)[C@H]3C[C@H](OC(C)=O)[C@]12C)OOC1(CCC(C(C)(C)C)CC1)OO5. The largest absolute Gasteiger partial charge is 0.469 e. The Kier molecular flexibility index (Phi) is 10.1. The van der Waals surface area contributed by atoms with Crippen LogP contribution in [0.4, 0.5) is 0 Å². The van der Waals surface area contributed by atoms with Gasteiger partial charge in [0.05, 0.1) is 7.11 Å². The molecular formula is C39H62O10. The molecular weight excluding hydrogens is 628 g/mol. The number of rotatable bonds is 6. The van der Waals surface area contributed by atoms with Gasteiger partial charge in [0.1, 0.15) is 12.2 Å². The summed E-state index contributed by atoms with van der Waals surface area (Å²) in [5, 5.41) is 0. The summed E-state index contributed by atoms with van der Waals surface area (Å²) in [7, 11) is 1.43. The molecule has 10 atom stereocenters. The maximum Gasteiger partial charge on any atom is 0.305 e. The van der Waals surface area contributed by atoms with Crippen LogP contribution in [0.5, 0.6) is 0 Å². The third kappa shape index (κ3) is 6.70. The zero-order chi connectivity index (χ0) is 35.6. The van der Waals surface area contributed by atoms with Crippen LogP contribution in [0.25, 0.3) is 0 Å². The van der Waals surface area contributed by atoms with Crippen molar-refractivity contribution in [3.8, 4) is 0 Å². The third-order valence-electron chi connectivity index (χ3n) is 14.8. The molecule has 5 saturated carbocycles. The van der Waals surface area contributed by atoms with Crippen molar-refractivity contribution in [2.24, 2.45) is 57.7 Å². The van der Waals surface area contributed by atoms with Gasteiger partial charge in [-0.25, -0.2) is 0 Å². The Morgan fingerprint density at radius 3 is 2.04 bits per heavy atom. The Morgan fingerprint density at radius 1 is 0.816 bits per heavy atom. The Bertz CT molecular complexity index is 1240. The molecule has 2 spiro atoms. The van der Waals surface area contributed by atoms with Gasteiger partial charge in [-0.2, -0.15) is 19.6 Å². The van der Waals surface area contributed by atoms with Gasteiger partial charge in [0.25, 0.3) is 0 Å². The van der Waals surface area contributed by atoms with Gasteiger partial charge in [0, 0.05) is 57.3 Å². The minimum atomic E-state index is -1.02. The van der Waals surface area contributed by atoms with Crippen molar-refractivity contribution in [1.29, 1.82) is 0 Å². The molecule has 1 heterocycles. The van der Waals surface area contributed by atoms with Crippen LogP contribution in [0.2, 0.25) is 0 Å². The highest BCUT2D eigenvalue weighted by atomic mass is 17.4. The molecule has 0 amide bonds. The van der Waals surface area contributed by atoms with Crippen molar-refractivity contribution in [1.82, 2.24) is 0 Å². The van der Waals surface area contributed by atoms with E-state index in [1.54, 1.807) is 0 Å². The molecule has 0 aromatic heterocycles. The van der Waals surface area contributed by atoms with E-state index in [0.29, 0.717) is 38.0 Å². The van der Waals surface area contributed by atoms with E-state index in [1.165, 1.54) is 21.0 Å². The molecule has 0 aromatic carbocycles. The van der Waals surface area contributed by atoms with Gasteiger partial charge >= 0.3 is 17.9 Å². The topological polar surface area (TPSA) is 116 Å². The predicted octanol–water partition coefficient (Wildman–Crippen LogP) is 7.86. The van der Waals surface area contributed by atoms with Crippen LogP contribution >= 0.6 is 0 Å². The highest BCUT2D eigenvalue weighted by Crippen LogP contribution is 2.70. The summed E-state index contributed by atoms with van der Waals surface area (Å²) in [6.07, 6.45) is 9.36. The fourth-order valence-corrected chi connectivity index (χ4v) is 12.0. The molecule has 1 aliphatic heterocycles. The number of esters is 3. The molecule has 6 aliphatic rings. The van der Waals surface area contributed by atoms with Crippen molar-refractivity contribution in [3.63, 3.8) is 0 Å². The van der Waals surface area contributed by atoms with Crippen LogP contribution in [-0.2, 0) is 48.1 Å². The highest BCUT2D eigenvalue weighted by Gasteiger charge is 2.69. The second-order valence-corrected chi connectivity index (χ2v) is 18.4. The van der Waals surface area contributed by atoms with E-state index in [9.17, 15) is 14.4 Å². The van der Waals surface area contributed by atoms with Gasteiger partial charge in [-0.1, -0.05) is 41.5 Å². The number of hydrogen-bond acceptors (Lipinski definition) is 10. The normalized spacial score (nSPS) is 45.5. The summed E-state index contributed by atoms with van der Waals surface area (Å²) in [5.41, 5.74) is -0.192. The fourth-order valence-electron chi connectivity index (χ4n) is 12.0. The van der Waals surface area contributed by atoms with E-state index in [2.05, 4.69) is 41.5 Å². The molecule has 278 valence electrons. The smallest absolute Gasteiger partial charge is 0.305 e. The molecule has 49 heavy (non-hydrogen) atoms. The minimum absolute atomic E-state index is 0.114. The van der Waals surface area contributed by atoms with Crippen LogP contribution in [0, 0.1) is 57.7 Å². The Labute approximate surface area is 293 Å². The Morgan fingerprint density at radius 2 is 1.45 bits per heavy atom. The van der Waals surface area contributed by atoms with E-state index in [1.807, 2.05) is 0 Å². The number of hydrogen-bond donors (Lipinski definition) is 0. The molecule has 5 aliphatic carbocycles. The van der Waals surface area contributed by atoms with Crippen LogP contribution < -0.4 is 0 Å². The number of ether oxygens (including phenoxy) is 3. The lowest BCUT2D eigenvalue weighted by molar-refractivity contribution is -0.665. The molecule has 0 N–H and O–H groups in total. The lowest BCUT2D eigenvalue weighted by atomic mass is 9.42. The van der Waals surface area contributed by atoms with Crippen LogP contribution in [0.15, 0.2) is 0 Å². The quantitative estimate of drug-likeness (QED) is 0.155. The zero-order valence-electron chi connectivity index (χ0n) is 31.5. The molecule has 1 saturated heterocycles. The predicted molar refractivity (Wildman–Crippen MR) is 179 cm³/mol. The van der Waals surface area contributed by atoms with Crippen molar-refractivity contribution in [3.05, 3.63) is 0 Å². The number of methoxy groups -OCH3 is 1. The van der Waals surface area contributed by atoms with E-state index in [0.717, 1.165) is 51.4 Å². The van der Waals surface area contributed by atoms with Crippen molar-refractivity contribution in [2.75, 3.05) is 7.11 Å². The Hall–Kier alpha value is -1.75. The summed E-state index contributed by atoms with van der Waals surface area (Å²) < 4.78 is 17.5. The molecule has 0 radical (unpaired) electrons.